The Morgan fingerprint density at radius 2 is 1.96 bits per heavy atom. The van der Waals surface area contributed by atoms with Crippen molar-refractivity contribution in [3.05, 3.63) is 83.0 Å². The molecular formula is C22H21Cl2N3O. The molecule has 0 saturated heterocycles. The Labute approximate surface area is 175 Å². The van der Waals surface area contributed by atoms with Gasteiger partial charge in [-0.2, -0.15) is 0 Å². The third-order valence-electron chi connectivity index (χ3n) is 4.30. The van der Waals surface area contributed by atoms with E-state index in [2.05, 4.69) is 24.6 Å². The summed E-state index contributed by atoms with van der Waals surface area (Å²) in [5, 5.41) is 1.92. The van der Waals surface area contributed by atoms with Crippen molar-refractivity contribution < 1.29 is 4.74 Å². The number of anilines is 1. The van der Waals surface area contributed by atoms with Crippen LogP contribution in [-0.4, -0.2) is 9.97 Å². The van der Waals surface area contributed by atoms with Crippen molar-refractivity contribution in [2.75, 3.05) is 4.90 Å². The summed E-state index contributed by atoms with van der Waals surface area (Å²) in [6.45, 7) is 8.20. The molecule has 4 nitrogen and oxygen atoms in total. The number of rotatable bonds is 7. The topological polar surface area (TPSA) is 38.2 Å². The molecule has 0 saturated carbocycles. The Balaban J connectivity index is 2.07. The minimum absolute atomic E-state index is 0.229. The first-order valence-corrected chi connectivity index (χ1v) is 9.71. The molecule has 0 aliphatic rings. The second kappa shape index (κ2) is 9.09. The summed E-state index contributed by atoms with van der Waals surface area (Å²) >= 11 is 12.4. The summed E-state index contributed by atoms with van der Waals surface area (Å²) in [4.78, 5) is 10.8. The van der Waals surface area contributed by atoms with Gasteiger partial charge in [0.2, 0.25) is 0 Å². The number of nitrogens with zero attached hydrogens (tertiary/aromatic N) is 3. The maximum absolute atomic E-state index is 6.21. The third kappa shape index (κ3) is 4.13. The van der Waals surface area contributed by atoms with E-state index >= 15 is 0 Å². The number of aryl methyl sites for hydroxylation is 1. The number of hydrogen-bond acceptors (Lipinski definition) is 4. The standard InChI is InChI=1S/C22H21Cl2N3O/c1-4-10-27(6-3)20-11-15(5-2)26-22-16(20)8-7-9-21(22)28-14-17-18(23)12-25-13-19(17)24/h4,6-13H,3,5,14H2,1-2H3/b10-4-. The maximum Gasteiger partial charge on any atom is 0.146 e. The van der Waals surface area contributed by atoms with E-state index in [9.17, 15) is 0 Å². The van der Waals surface area contributed by atoms with Gasteiger partial charge in [-0.05, 0) is 25.5 Å². The predicted octanol–water partition coefficient (Wildman–Crippen LogP) is 6.56. The van der Waals surface area contributed by atoms with Crippen LogP contribution < -0.4 is 9.64 Å². The van der Waals surface area contributed by atoms with Crippen molar-refractivity contribution in [2.45, 2.75) is 26.9 Å². The molecule has 0 spiro atoms. The molecule has 2 heterocycles. The predicted molar refractivity (Wildman–Crippen MR) is 117 cm³/mol. The Morgan fingerprint density at radius 1 is 1.21 bits per heavy atom. The third-order valence-corrected chi connectivity index (χ3v) is 4.96. The summed E-state index contributed by atoms with van der Waals surface area (Å²) in [7, 11) is 0. The summed E-state index contributed by atoms with van der Waals surface area (Å²) in [5.74, 6) is 0.669. The second-order valence-corrected chi connectivity index (χ2v) is 6.90. The number of pyridine rings is 2. The van der Waals surface area contributed by atoms with Gasteiger partial charge in [-0.1, -0.05) is 54.9 Å². The highest BCUT2D eigenvalue weighted by molar-refractivity contribution is 6.35. The van der Waals surface area contributed by atoms with Crippen molar-refractivity contribution in [1.82, 2.24) is 9.97 Å². The lowest BCUT2D eigenvalue weighted by Crippen LogP contribution is -2.08. The van der Waals surface area contributed by atoms with Crippen LogP contribution in [-0.2, 0) is 13.0 Å². The van der Waals surface area contributed by atoms with Gasteiger partial charge < -0.3 is 9.64 Å². The quantitative estimate of drug-likeness (QED) is 0.439. The van der Waals surface area contributed by atoms with Crippen LogP contribution in [0.1, 0.15) is 25.1 Å². The molecule has 6 heteroatoms. The van der Waals surface area contributed by atoms with Gasteiger partial charge in [0.05, 0.1) is 15.7 Å². The van der Waals surface area contributed by atoms with Crippen LogP contribution in [0.25, 0.3) is 10.9 Å². The van der Waals surface area contributed by atoms with E-state index in [1.807, 2.05) is 42.3 Å². The Hall–Kier alpha value is -2.56. The van der Waals surface area contributed by atoms with E-state index < -0.39 is 0 Å². The van der Waals surface area contributed by atoms with Crippen LogP contribution in [0.15, 0.2) is 61.7 Å². The molecule has 0 atom stereocenters. The number of halogens is 2. The highest BCUT2D eigenvalue weighted by atomic mass is 35.5. The van der Waals surface area contributed by atoms with Crippen LogP contribution in [0.2, 0.25) is 10.0 Å². The first kappa shape index (κ1) is 20.2. The second-order valence-electron chi connectivity index (χ2n) is 6.08. The summed E-state index contributed by atoms with van der Waals surface area (Å²) in [6.07, 6.45) is 9.62. The molecular weight excluding hydrogens is 393 g/mol. The molecule has 0 amide bonds. The molecule has 3 rings (SSSR count). The lowest BCUT2D eigenvalue weighted by Gasteiger charge is -2.20. The van der Waals surface area contributed by atoms with E-state index in [-0.39, 0.29) is 6.61 Å². The average molecular weight is 414 g/mol. The number of ether oxygens (including phenoxy) is 1. The SMILES string of the molecule is C=CN(/C=C\C)c1cc(CC)nc2c(OCc3c(Cl)cncc3Cl)cccc12. The van der Waals surface area contributed by atoms with Crippen molar-refractivity contribution in [2.24, 2.45) is 0 Å². The molecule has 1 aromatic carbocycles. The molecule has 3 aromatic rings. The monoisotopic (exact) mass is 413 g/mol. The molecule has 0 aliphatic carbocycles. The molecule has 2 aromatic heterocycles. The smallest absolute Gasteiger partial charge is 0.146 e. The molecule has 0 fully saturated rings. The number of fused-ring (bicyclic) bond motifs is 1. The Morgan fingerprint density at radius 3 is 2.61 bits per heavy atom. The van der Waals surface area contributed by atoms with Gasteiger partial charge in [-0.3, -0.25) is 4.98 Å². The molecule has 0 radical (unpaired) electrons. The van der Waals surface area contributed by atoms with Gasteiger partial charge in [0.1, 0.15) is 17.9 Å². The normalized spacial score (nSPS) is 11.1. The zero-order valence-electron chi connectivity index (χ0n) is 15.8. The summed E-state index contributed by atoms with van der Waals surface area (Å²) in [6, 6.07) is 7.94. The van der Waals surface area contributed by atoms with Gasteiger partial charge in [0.25, 0.3) is 0 Å². The lowest BCUT2D eigenvalue weighted by atomic mass is 10.1. The molecule has 0 unspecified atom stereocenters. The summed E-state index contributed by atoms with van der Waals surface area (Å²) in [5.41, 5.74) is 3.45. The molecule has 0 aliphatic heterocycles. The van der Waals surface area contributed by atoms with Gasteiger partial charge >= 0.3 is 0 Å². The Kier molecular flexibility index (Phi) is 6.55. The summed E-state index contributed by atoms with van der Waals surface area (Å²) < 4.78 is 6.07. The minimum Gasteiger partial charge on any atom is -0.487 e. The van der Waals surface area contributed by atoms with Crippen molar-refractivity contribution >= 4 is 39.8 Å². The van der Waals surface area contributed by atoms with Crippen LogP contribution >= 0.6 is 23.2 Å². The van der Waals surface area contributed by atoms with Crippen LogP contribution in [0, 0.1) is 0 Å². The highest BCUT2D eigenvalue weighted by Gasteiger charge is 2.14. The fourth-order valence-electron chi connectivity index (χ4n) is 2.89. The van der Waals surface area contributed by atoms with Crippen molar-refractivity contribution in [1.29, 1.82) is 0 Å². The van der Waals surface area contributed by atoms with E-state index in [4.69, 9.17) is 32.9 Å². The minimum atomic E-state index is 0.229. The van der Waals surface area contributed by atoms with E-state index in [1.165, 1.54) is 0 Å². The fourth-order valence-corrected chi connectivity index (χ4v) is 3.37. The molecule has 28 heavy (non-hydrogen) atoms. The lowest BCUT2D eigenvalue weighted by molar-refractivity contribution is 0.309. The first-order chi connectivity index (χ1) is 13.6. The van der Waals surface area contributed by atoms with Gasteiger partial charge in [0.15, 0.2) is 0 Å². The molecule has 0 bridgehead atoms. The van der Waals surface area contributed by atoms with E-state index in [0.717, 1.165) is 28.7 Å². The van der Waals surface area contributed by atoms with Gasteiger partial charge in [-0.25, -0.2) is 4.98 Å². The largest absolute Gasteiger partial charge is 0.487 e. The van der Waals surface area contributed by atoms with Crippen molar-refractivity contribution in [3.63, 3.8) is 0 Å². The van der Waals surface area contributed by atoms with Gasteiger partial charge in [-0.15, -0.1) is 0 Å². The molecule has 144 valence electrons. The fraction of sp³-hybridized carbons (Fsp3) is 0.182. The molecule has 0 N–H and O–H groups in total. The number of allylic oxidation sites excluding steroid dienone is 1. The highest BCUT2D eigenvalue weighted by Crippen LogP contribution is 2.34. The number of aromatic nitrogens is 2. The van der Waals surface area contributed by atoms with E-state index in [0.29, 0.717) is 21.4 Å². The zero-order valence-corrected chi connectivity index (χ0v) is 17.3. The van der Waals surface area contributed by atoms with Gasteiger partial charge in [0, 0.05) is 41.4 Å². The van der Waals surface area contributed by atoms with Crippen LogP contribution in [0.4, 0.5) is 5.69 Å². The van der Waals surface area contributed by atoms with E-state index in [1.54, 1.807) is 18.6 Å². The Bertz CT molecular complexity index is 1010. The first-order valence-electron chi connectivity index (χ1n) is 8.96. The van der Waals surface area contributed by atoms with Crippen LogP contribution in [0.5, 0.6) is 5.75 Å². The average Bonchev–Trinajstić information content (AvgIpc) is 2.71. The number of benzene rings is 1. The number of para-hydroxylation sites is 1. The van der Waals surface area contributed by atoms with Crippen molar-refractivity contribution in [3.8, 4) is 5.75 Å². The zero-order chi connectivity index (χ0) is 20.1. The maximum atomic E-state index is 6.21. The van der Waals surface area contributed by atoms with Crippen LogP contribution in [0.3, 0.4) is 0 Å². The number of hydrogen-bond donors (Lipinski definition) is 0.